The monoisotopic (exact) mass is 281 g/mol. The number of benzene rings is 2. The molecule has 0 aliphatic carbocycles. The Kier molecular flexibility index (Phi) is 3.31. The number of ether oxygens (including phenoxy) is 2. The fourth-order valence-electron chi connectivity index (χ4n) is 2.17. The van der Waals surface area contributed by atoms with Crippen LogP contribution in [0, 0.1) is 0 Å². The summed E-state index contributed by atoms with van der Waals surface area (Å²) in [5, 5.41) is 0. The standard InChI is InChI=1S/C16H15N3O2/c1-20-11-7-10(8-12(9-11)21-2)15-16(17)19-14-6-4-3-5-13(14)18-15/h3-9H,1-2H3,(H2,17,19). The zero-order chi connectivity index (χ0) is 14.8. The zero-order valence-corrected chi connectivity index (χ0v) is 11.8. The summed E-state index contributed by atoms with van der Waals surface area (Å²) in [5.41, 5.74) is 9.04. The number of hydrogen-bond donors (Lipinski definition) is 1. The summed E-state index contributed by atoms with van der Waals surface area (Å²) in [4.78, 5) is 8.99. The van der Waals surface area contributed by atoms with E-state index in [1.807, 2.05) is 36.4 Å². The first-order valence-electron chi connectivity index (χ1n) is 6.47. The van der Waals surface area contributed by atoms with E-state index in [-0.39, 0.29) is 0 Å². The number of hydrogen-bond acceptors (Lipinski definition) is 5. The van der Waals surface area contributed by atoms with Crippen molar-refractivity contribution in [2.45, 2.75) is 0 Å². The minimum atomic E-state index is 0.379. The van der Waals surface area contributed by atoms with E-state index in [2.05, 4.69) is 9.97 Å². The molecule has 1 heterocycles. The highest BCUT2D eigenvalue weighted by Crippen LogP contribution is 2.31. The van der Waals surface area contributed by atoms with Gasteiger partial charge < -0.3 is 15.2 Å². The van der Waals surface area contributed by atoms with Crippen LogP contribution >= 0.6 is 0 Å². The van der Waals surface area contributed by atoms with Crippen molar-refractivity contribution in [2.24, 2.45) is 0 Å². The van der Waals surface area contributed by atoms with Crippen molar-refractivity contribution in [1.29, 1.82) is 0 Å². The van der Waals surface area contributed by atoms with Crippen LogP contribution in [0.2, 0.25) is 0 Å². The minimum absolute atomic E-state index is 0.379. The molecule has 21 heavy (non-hydrogen) atoms. The molecule has 0 aliphatic heterocycles. The van der Waals surface area contributed by atoms with Gasteiger partial charge >= 0.3 is 0 Å². The first kappa shape index (κ1) is 13.2. The summed E-state index contributed by atoms with van der Waals surface area (Å²) >= 11 is 0. The molecule has 0 aliphatic rings. The second-order valence-electron chi connectivity index (χ2n) is 4.55. The molecule has 0 saturated heterocycles. The highest BCUT2D eigenvalue weighted by molar-refractivity contribution is 5.82. The maximum absolute atomic E-state index is 6.05. The molecule has 0 unspecified atom stereocenters. The largest absolute Gasteiger partial charge is 0.497 e. The van der Waals surface area contributed by atoms with Crippen LogP contribution in [0.25, 0.3) is 22.3 Å². The lowest BCUT2D eigenvalue weighted by Crippen LogP contribution is -1.99. The Bertz CT molecular complexity index is 780. The fourth-order valence-corrected chi connectivity index (χ4v) is 2.17. The summed E-state index contributed by atoms with van der Waals surface area (Å²) in [6.45, 7) is 0. The van der Waals surface area contributed by atoms with E-state index in [4.69, 9.17) is 15.2 Å². The lowest BCUT2D eigenvalue weighted by Gasteiger charge is -2.10. The van der Waals surface area contributed by atoms with E-state index in [0.29, 0.717) is 23.0 Å². The minimum Gasteiger partial charge on any atom is -0.497 e. The van der Waals surface area contributed by atoms with Crippen LogP contribution in [0.3, 0.4) is 0 Å². The number of aromatic nitrogens is 2. The third-order valence-corrected chi connectivity index (χ3v) is 3.22. The van der Waals surface area contributed by atoms with Gasteiger partial charge in [0.1, 0.15) is 17.2 Å². The van der Waals surface area contributed by atoms with Gasteiger partial charge in [0.25, 0.3) is 0 Å². The molecule has 5 nitrogen and oxygen atoms in total. The van der Waals surface area contributed by atoms with Gasteiger partial charge in [-0.15, -0.1) is 0 Å². The Morgan fingerprint density at radius 3 is 2.00 bits per heavy atom. The van der Waals surface area contributed by atoms with Gasteiger partial charge in [0, 0.05) is 11.6 Å². The average molecular weight is 281 g/mol. The van der Waals surface area contributed by atoms with Crippen LogP contribution in [-0.4, -0.2) is 24.2 Å². The molecule has 0 atom stereocenters. The van der Waals surface area contributed by atoms with Gasteiger partial charge in [0.05, 0.1) is 25.3 Å². The number of rotatable bonds is 3. The third-order valence-electron chi connectivity index (χ3n) is 3.22. The Labute approximate surface area is 122 Å². The quantitative estimate of drug-likeness (QED) is 0.799. The summed E-state index contributed by atoms with van der Waals surface area (Å²) in [7, 11) is 3.21. The van der Waals surface area contributed by atoms with Crippen LogP contribution in [0.1, 0.15) is 0 Å². The van der Waals surface area contributed by atoms with Crippen LogP contribution < -0.4 is 15.2 Å². The van der Waals surface area contributed by atoms with E-state index in [0.717, 1.165) is 16.6 Å². The van der Waals surface area contributed by atoms with E-state index in [1.165, 1.54) is 0 Å². The van der Waals surface area contributed by atoms with E-state index < -0.39 is 0 Å². The first-order chi connectivity index (χ1) is 10.2. The molecule has 0 amide bonds. The molecule has 0 radical (unpaired) electrons. The van der Waals surface area contributed by atoms with Crippen molar-refractivity contribution in [3.63, 3.8) is 0 Å². The number of nitrogen functional groups attached to an aromatic ring is 1. The van der Waals surface area contributed by atoms with E-state index in [1.54, 1.807) is 20.3 Å². The molecular weight excluding hydrogens is 266 g/mol. The molecule has 0 spiro atoms. The maximum Gasteiger partial charge on any atom is 0.150 e. The summed E-state index contributed by atoms with van der Waals surface area (Å²) in [5.74, 6) is 1.74. The SMILES string of the molecule is COc1cc(OC)cc(-c2nc3ccccc3nc2N)c1. The molecule has 2 aromatic carbocycles. The van der Waals surface area contributed by atoms with Gasteiger partial charge in [-0.05, 0) is 24.3 Å². The average Bonchev–Trinajstić information content (AvgIpc) is 2.53. The predicted octanol–water partition coefficient (Wildman–Crippen LogP) is 2.90. The predicted molar refractivity (Wildman–Crippen MR) is 82.5 cm³/mol. The van der Waals surface area contributed by atoms with Gasteiger partial charge in [-0.3, -0.25) is 0 Å². The molecular formula is C16H15N3O2. The molecule has 106 valence electrons. The second kappa shape index (κ2) is 5.28. The maximum atomic E-state index is 6.05. The Balaban J connectivity index is 2.21. The van der Waals surface area contributed by atoms with Gasteiger partial charge in [-0.25, -0.2) is 9.97 Å². The van der Waals surface area contributed by atoms with Crippen molar-refractivity contribution >= 4 is 16.9 Å². The summed E-state index contributed by atoms with van der Waals surface area (Å²) in [6, 6.07) is 13.1. The molecule has 3 rings (SSSR count). The van der Waals surface area contributed by atoms with Crippen LogP contribution in [-0.2, 0) is 0 Å². The molecule has 3 aromatic rings. The van der Waals surface area contributed by atoms with Crippen LogP contribution in [0.15, 0.2) is 42.5 Å². The third kappa shape index (κ3) is 2.45. The number of nitrogens with zero attached hydrogens (tertiary/aromatic N) is 2. The second-order valence-corrected chi connectivity index (χ2v) is 4.55. The van der Waals surface area contributed by atoms with Gasteiger partial charge in [0.2, 0.25) is 0 Å². The molecule has 5 heteroatoms. The first-order valence-corrected chi connectivity index (χ1v) is 6.47. The smallest absolute Gasteiger partial charge is 0.150 e. The number of anilines is 1. The Morgan fingerprint density at radius 2 is 1.43 bits per heavy atom. The van der Waals surface area contributed by atoms with E-state index in [9.17, 15) is 0 Å². The Hall–Kier alpha value is -2.82. The summed E-state index contributed by atoms with van der Waals surface area (Å²) in [6.07, 6.45) is 0. The van der Waals surface area contributed by atoms with Crippen molar-refractivity contribution in [2.75, 3.05) is 20.0 Å². The number of fused-ring (bicyclic) bond motifs is 1. The Morgan fingerprint density at radius 1 is 0.857 bits per heavy atom. The normalized spacial score (nSPS) is 10.6. The molecule has 0 fully saturated rings. The fraction of sp³-hybridized carbons (Fsp3) is 0.125. The van der Waals surface area contributed by atoms with Crippen LogP contribution in [0.5, 0.6) is 11.5 Å². The number of nitrogens with two attached hydrogens (primary N) is 1. The van der Waals surface area contributed by atoms with Crippen molar-refractivity contribution in [3.8, 4) is 22.8 Å². The molecule has 2 N–H and O–H groups in total. The van der Waals surface area contributed by atoms with Crippen molar-refractivity contribution in [1.82, 2.24) is 9.97 Å². The van der Waals surface area contributed by atoms with Crippen molar-refractivity contribution in [3.05, 3.63) is 42.5 Å². The lowest BCUT2D eigenvalue weighted by atomic mass is 10.1. The highest BCUT2D eigenvalue weighted by Gasteiger charge is 2.11. The number of para-hydroxylation sites is 2. The molecule has 0 bridgehead atoms. The highest BCUT2D eigenvalue weighted by atomic mass is 16.5. The van der Waals surface area contributed by atoms with E-state index >= 15 is 0 Å². The van der Waals surface area contributed by atoms with Gasteiger partial charge in [-0.1, -0.05) is 12.1 Å². The molecule has 1 aromatic heterocycles. The van der Waals surface area contributed by atoms with Crippen LogP contribution in [0.4, 0.5) is 5.82 Å². The summed E-state index contributed by atoms with van der Waals surface area (Å²) < 4.78 is 10.6. The topological polar surface area (TPSA) is 70.3 Å². The lowest BCUT2D eigenvalue weighted by molar-refractivity contribution is 0.394. The van der Waals surface area contributed by atoms with Gasteiger partial charge in [-0.2, -0.15) is 0 Å². The zero-order valence-electron chi connectivity index (χ0n) is 11.8. The molecule has 0 saturated carbocycles. The number of methoxy groups -OCH3 is 2. The van der Waals surface area contributed by atoms with Crippen molar-refractivity contribution < 1.29 is 9.47 Å². The van der Waals surface area contributed by atoms with Gasteiger partial charge in [0.15, 0.2) is 5.82 Å².